The summed E-state index contributed by atoms with van der Waals surface area (Å²) in [6, 6.07) is 13.2. The molecule has 9 nitrogen and oxygen atoms in total. The number of hydrogen-bond donors (Lipinski definition) is 1. The van der Waals surface area contributed by atoms with Gasteiger partial charge in [-0.25, -0.2) is 14.0 Å². The third kappa shape index (κ3) is 8.00. The standard InChI is InChI=1S/C31H38FN3O6/c1-20-26(29(36)40-6)28(24-18-23(35(38)39)12-13-25(24)32)27(21(2)33-20)30(37)41-17-15-31(3,4)14-16-34(5)19-22-10-8-7-9-11-22/h7-13,18,28,33H,14-17,19H2,1-6H3. The normalized spacial score (nSPS) is 15.6. The summed E-state index contributed by atoms with van der Waals surface area (Å²) >= 11 is 0. The minimum Gasteiger partial charge on any atom is -0.466 e. The van der Waals surface area contributed by atoms with Crippen molar-refractivity contribution in [2.45, 2.75) is 53.0 Å². The smallest absolute Gasteiger partial charge is 0.336 e. The fourth-order valence-corrected chi connectivity index (χ4v) is 4.91. The number of non-ortho nitro benzene ring substituents is 1. The molecule has 1 heterocycles. The van der Waals surface area contributed by atoms with Crippen molar-refractivity contribution in [1.29, 1.82) is 0 Å². The van der Waals surface area contributed by atoms with Gasteiger partial charge in [-0.3, -0.25) is 10.1 Å². The Hall–Kier alpha value is -4.05. The molecule has 0 bridgehead atoms. The van der Waals surface area contributed by atoms with Crippen LogP contribution < -0.4 is 5.32 Å². The van der Waals surface area contributed by atoms with Crippen molar-refractivity contribution in [3.05, 3.63) is 98.1 Å². The molecule has 0 aliphatic carbocycles. The first-order chi connectivity index (χ1) is 19.3. The molecule has 0 amide bonds. The molecule has 0 radical (unpaired) electrons. The summed E-state index contributed by atoms with van der Waals surface area (Å²) < 4.78 is 25.8. The maximum absolute atomic E-state index is 15.1. The van der Waals surface area contributed by atoms with Crippen LogP contribution in [0.2, 0.25) is 0 Å². The first-order valence-corrected chi connectivity index (χ1v) is 13.4. The number of nitrogens with one attached hydrogen (secondary N) is 1. The highest BCUT2D eigenvalue weighted by molar-refractivity contribution is 5.99. The van der Waals surface area contributed by atoms with Gasteiger partial charge in [0.05, 0.1) is 35.7 Å². The Labute approximate surface area is 240 Å². The van der Waals surface area contributed by atoms with Gasteiger partial charge in [-0.2, -0.15) is 0 Å². The summed E-state index contributed by atoms with van der Waals surface area (Å²) in [5.74, 6) is -3.58. The molecule has 0 spiro atoms. The molecule has 10 heteroatoms. The highest BCUT2D eigenvalue weighted by Crippen LogP contribution is 2.41. The van der Waals surface area contributed by atoms with Crippen LogP contribution in [0.4, 0.5) is 10.1 Å². The van der Waals surface area contributed by atoms with E-state index in [-0.39, 0.29) is 34.4 Å². The number of nitro groups is 1. The summed E-state index contributed by atoms with van der Waals surface area (Å²) in [6.07, 6.45) is 1.44. The zero-order valence-electron chi connectivity index (χ0n) is 24.5. The zero-order chi connectivity index (χ0) is 30.3. The Bertz CT molecular complexity index is 1350. The van der Waals surface area contributed by atoms with Crippen LogP contribution in [0.1, 0.15) is 57.6 Å². The van der Waals surface area contributed by atoms with Gasteiger partial charge in [0.25, 0.3) is 5.69 Å². The van der Waals surface area contributed by atoms with Crippen LogP contribution in [0, 0.1) is 21.3 Å². The number of allylic oxidation sites excluding steroid dienone is 2. The number of nitrogens with zero attached hydrogens (tertiary/aromatic N) is 2. The number of carbonyl (C=O) groups excluding carboxylic acids is 2. The van der Waals surface area contributed by atoms with E-state index in [1.54, 1.807) is 13.8 Å². The van der Waals surface area contributed by atoms with Gasteiger partial charge >= 0.3 is 11.9 Å². The summed E-state index contributed by atoms with van der Waals surface area (Å²) in [6.45, 7) is 9.20. The summed E-state index contributed by atoms with van der Waals surface area (Å²) in [4.78, 5) is 39.3. The van der Waals surface area contributed by atoms with Crippen LogP contribution in [0.25, 0.3) is 0 Å². The molecule has 1 unspecified atom stereocenters. The van der Waals surface area contributed by atoms with Crippen LogP contribution in [-0.2, 0) is 25.6 Å². The number of dihydropyridines is 1. The molecule has 0 saturated carbocycles. The molecular weight excluding hydrogens is 529 g/mol. The van der Waals surface area contributed by atoms with Crippen LogP contribution in [0.3, 0.4) is 0 Å². The second kappa shape index (κ2) is 13.5. The van der Waals surface area contributed by atoms with Crippen molar-refractivity contribution < 1.29 is 28.4 Å². The second-order valence-corrected chi connectivity index (χ2v) is 11.1. The van der Waals surface area contributed by atoms with Gasteiger partial charge in [0.15, 0.2) is 0 Å². The molecular formula is C31H38FN3O6. The Morgan fingerprint density at radius 2 is 1.68 bits per heavy atom. The maximum atomic E-state index is 15.1. The van der Waals surface area contributed by atoms with E-state index in [9.17, 15) is 19.7 Å². The van der Waals surface area contributed by atoms with Crippen molar-refractivity contribution in [2.75, 3.05) is 27.3 Å². The van der Waals surface area contributed by atoms with E-state index in [1.165, 1.54) is 12.7 Å². The lowest BCUT2D eigenvalue weighted by Gasteiger charge is -2.31. The number of methoxy groups -OCH3 is 1. The maximum Gasteiger partial charge on any atom is 0.336 e. The molecule has 0 fully saturated rings. The van der Waals surface area contributed by atoms with Crippen molar-refractivity contribution in [1.82, 2.24) is 10.2 Å². The van der Waals surface area contributed by atoms with Gasteiger partial charge < -0.3 is 19.7 Å². The summed E-state index contributed by atoms with van der Waals surface area (Å²) in [5.41, 5.74) is 1.22. The molecule has 1 aliphatic rings. The van der Waals surface area contributed by atoms with Crippen LogP contribution in [0.15, 0.2) is 71.1 Å². The van der Waals surface area contributed by atoms with E-state index in [0.29, 0.717) is 17.8 Å². The molecule has 1 N–H and O–H groups in total. The summed E-state index contributed by atoms with van der Waals surface area (Å²) in [5, 5.41) is 14.4. The van der Waals surface area contributed by atoms with Crippen LogP contribution in [0.5, 0.6) is 0 Å². The summed E-state index contributed by atoms with van der Waals surface area (Å²) in [7, 11) is 3.24. The number of ether oxygens (including phenoxy) is 2. The van der Waals surface area contributed by atoms with Crippen molar-refractivity contribution in [3.8, 4) is 0 Å². The van der Waals surface area contributed by atoms with E-state index in [1.807, 2.05) is 18.2 Å². The van der Waals surface area contributed by atoms with E-state index < -0.39 is 28.6 Å². The molecule has 1 atom stereocenters. The highest BCUT2D eigenvalue weighted by atomic mass is 19.1. The molecule has 0 aromatic heterocycles. The SMILES string of the molecule is COC(=O)C1=C(C)NC(C)=C(C(=O)OCCC(C)(C)CCN(C)Cc2ccccc2)C1c1cc([N+](=O)[O-])ccc1F. The Morgan fingerprint density at radius 3 is 2.29 bits per heavy atom. The number of halogens is 1. The van der Waals surface area contributed by atoms with Gasteiger partial charge in [-0.15, -0.1) is 0 Å². The molecule has 220 valence electrons. The Balaban J connectivity index is 1.76. The second-order valence-electron chi connectivity index (χ2n) is 11.1. The fourth-order valence-electron chi connectivity index (χ4n) is 4.91. The first kappa shape index (κ1) is 31.5. The average Bonchev–Trinajstić information content (AvgIpc) is 2.91. The first-order valence-electron chi connectivity index (χ1n) is 13.4. The van der Waals surface area contributed by atoms with Gasteiger partial charge in [0.2, 0.25) is 0 Å². The molecule has 2 aromatic rings. The Kier molecular flexibility index (Phi) is 10.4. The Morgan fingerprint density at radius 1 is 1.05 bits per heavy atom. The number of esters is 2. The third-order valence-corrected chi connectivity index (χ3v) is 7.36. The van der Waals surface area contributed by atoms with Gasteiger partial charge in [-0.1, -0.05) is 44.2 Å². The zero-order valence-corrected chi connectivity index (χ0v) is 24.5. The van der Waals surface area contributed by atoms with Gasteiger partial charge in [0.1, 0.15) is 5.82 Å². The lowest BCUT2D eigenvalue weighted by Crippen LogP contribution is -2.33. The number of nitro benzene ring substituents is 1. The molecule has 0 saturated heterocycles. The van der Waals surface area contributed by atoms with Crippen molar-refractivity contribution >= 4 is 17.6 Å². The topological polar surface area (TPSA) is 111 Å². The molecule has 2 aromatic carbocycles. The van der Waals surface area contributed by atoms with E-state index >= 15 is 4.39 Å². The predicted octanol–water partition coefficient (Wildman–Crippen LogP) is 5.62. The highest BCUT2D eigenvalue weighted by Gasteiger charge is 2.40. The van der Waals surface area contributed by atoms with E-state index in [2.05, 4.69) is 43.2 Å². The number of hydrogen-bond acceptors (Lipinski definition) is 8. The molecule has 3 rings (SSSR count). The lowest BCUT2D eigenvalue weighted by molar-refractivity contribution is -0.385. The minimum atomic E-state index is -1.25. The minimum absolute atomic E-state index is 0.00389. The van der Waals surface area contributed by atoms with Gasteiger partial charge in [0, 0.05) is 35.6 Å². The van der Waals surface area contributed by atoms with Crippen molar-refractivity contribution in [2.24, 2.45) is 5.41 Å². The number of carbonyl (C=O) groups is 2. The molecule has 1 aliphatic heterocycles. The fraction of sp³-hybridized carbons (Fsp3) is 0.419. The lowest BCUT2D eigenvalue weighted by atomic mass is 9.80. The number of benzene rings is 2. The number of rotatable bonds is 12. The monoisotopic (exact) mass is 567 g/mol. The largest absolute Gasteiger partial charge is 0.466 e. The molecule has 41 heavy (non-hydrogen) atoms. The quantitative estimate of drug-likeness (QED) is 0.200. The van der Waals surface area contributed by atoms with Crippen molar-refractivity contribution in [3.63, 3.8) is 0 Å². The third-order valence-electron chi connectivity index (χ3n) is 7.36. The van der Waals surface area contributed by atoms with Crippen LogP contribution in [-0.4, -0.2) is 49.1 Å². The average molecular weight is 568 g/mol. The van der Waals surface area contributed by atoms with E-state index in [4.69, 9.17) is 9.47 Å². The van der Waals surface area contributed by atoms with Crippen LogP contribution >= 0.6 is 0 Å². The van der Waals surface area contributed by atoms with E-state index in [0.717, 1.165) is 37.7 Å². The predicted molar refractivity (Wildman–Crippen MR) is 153 cm³/mol. The van der Waals surface area contributed by atoms with Gasteiger partial charge in [-0.05, 0) is 57.3 Å².